The van der Waals surface area contributed by atoms with Gasteiger partial charge in [0, 0.05) is 19.2 Å². The summed E-state index contributed by atoms with van der Waals surface area (Å²) in [6.45, 7) is 2.46. The third-order valence-electron chi connectivity index (χ3n) is 3.78. The minimum Gasteiger partial charge on any atom is -0.451 e. The van der Waals surface area contributed by atoms with Gasteiger partial charge in [-0.15, -0.1) is 0 Å². The lowest BCUT2D eigenvalue weighted by atomic mass is 10.2. The Morgan fingerprint density at radius 1 is 1.12 bits per heavy atom. The zero-order valence-corrected chi connectivity index (χ0v) is 13.2. The molecule has 5 heteroatoms. The second-order valence-electron chi connectivity index (χ2n) is 5.42. The van der Waals surface area contributed by atoms with Crippen LogP contribution in [0, 0.1) is 5.82 Å². The Bertz CT molecular complexity index is 948. The van der Waals surface area contributed by atoms with E-state index in [1.165, 1.54) is 23.1 Å². The molecule has 3 rings (SSSR count). The van der Waals surface area contributed by atoms with Crippen LogP contribution in [0.4, 0.5) is 4.39 Å². The molecule has 1 aromatic heterocycles. The Hall–Kier alpha value is -2.95. The van der Waals surface area contributed by atoms with Gasteiger partial charge in [0.05, 0.1) is 5.39 Å². The van der Waals surface area contributed by atoms with E-state index in [0.717, 1.165) is 0 Å². The van der Waals surface area contributed by atoms with E-state index in [-0.39, 0.29) is 23.6 Å². The van der Waals surface area contributed by atoms with Crippen molar-refractivity contribution in [2.45, 2.75) is 13.5 Å². The van der Waals surface area contributed by atoms with Crippen molar-refractivity contribution in [3.63, 3.8) is 0 Å². The number of benzene rings is 2. The number of carbonyl (C=O) groups is 1. The smallest absolute Gasteiger partial charge is 0.290 e. The lowest BCUT2D eigenvalue weighted by molar-refractivity contribution is 0.0721. The number of carbonyl (C=O) groups excluding carboxylic acids is 1. The van der Waals surface area contributed by atoms with Crippen LogP contribution in [-0.4, -0.2) is 17.4 Å². The van der Waals surface area contributed by atoms with Gasteiger partial charge in [0.2, 0.25) is 0 Å². The highest BCUT2D eigenvalue weighted by Gasteiger charge is 2.19. The number of rotatable bonds is 4. The zero-order valence-electron chi connectivity index (χ0n) is 13.2. The highest BCUT2D eigenvalue weighted by Crippen LogP contribution is 2.15. The normalized spacial score (nSPS) is 10.8. The predicted molar refractivity (Wildman–Crippen MR) is 89.3 cm³/mol. The number of para-hydroxylation sites is 1. The molecule has 0 bridgehead atoms. The number of hydrogen-bond donors (Lipinski definition) is 0. The minimum atomic E-state index is -0.399. The van der Waals surface area contributed by atoms with E-state index in [1.54, 1.807) is 36.4 Å². The van der Waals surface area contributed by atoms with Gasteiger partial charge >= 0.3 is 0 Å². The molecule has 0 unspecified atom stereocenters. The molecule has 4 nitrogen and oxygen atoms in total. The largest absolute Gasteiger partial charge is 0.451 e. The summed E-state index contributed by atoms with van der Waals surface area (Å²) in [6, 6.07) is 14.1. The lowest BCUT2D eigenvalue weighted by Crippen LogP contribution is -2.31. The van der Waals surface area contributed by atoms with Crippen LogP contribution in [0.3, 0.4) is 0 Å². The topological polar surface area (TPSA) is 50.5 Å². The molecule has 0 aliphatic heterocycles. The summed E-state index contributed by atoms with van der Waals surface area (Å²) in [5.74, 6) is -0.769. The second-order valence-corrected chi connectivity index (χ2v) is 5.42. The molecule has 0 saturated heterocycles. The molecule has 0 saturated carbocycles. The van der Waals surface area contributed by atoms with Crippen LogP contribution < -0.4 is 5.43 Å². The maximum Gasteiger partial charge on any atom is 0.290 e. The molecule has 24 heavy (non-hydrogen) atoms. The Balaban J connectivity index is 1.93. The van der Waals surface area contributed by atoms with Gasteiger partial charge in [-0.25, -0.2) is 4.39 Å². The van der Waals surface area contributed by atoms with Crippen molar-refractivity contribution >= 4 is 16.9 Å². The average molecular weight is 325 g/mol. The van der Waals surface area contributed by atoms with Gasteiger partial charge in [0.1, 0.15) is 11.4 Å². The maximum absolute atomic E-state index is 13.3. The van der Waals surface area contributed by atoms with Crippen molar-refractivity contribution < 1.29 is 13.6 Å². The van der Waals surface area contributed by atoms with E-state index >= 15 is 0 Å². The first-order valence-corrected chi connectivity index (χ1v) is 7.65. The quantitative estimate of drug-likeness (QED) is 0.736. The fourth-order valence-electron chi connectivity index (χ4n) is 2.55. The molecule has 1 heterocycles. The molecule has 0 spiro atoms. The molecule has 1 amide bonds. The van der Waals surface area contributed by atoms with Gasteiger partial charge in [-0.1, -0.05) is 24.3 Å². The monoisotopic (exact) mass is 325 g/mol. The molecule has 3 aromatic rings. The number of nitrogens with zero attached hydrogens (tertiary/aromatic N) is 1. The summed E-state index contributed by atoms with van der Waals surface area (Å²) < 4.78 is 18.9. The van der Waals surface area contributed by atoms with Crippen LogP contribution in [0.2, 0.25) is 0 Å². The lowest BCUT2D eigenvalue weighted by Gasteiger charge is -2.20. The Labute approximate surface area is 138 Å². The SMILES string of the molecule is CCN(Cc1cccc(F)c1)C(=O)c1cc(=O)c2ccccc2o1. The third kappa shape index (κ3) is 3.20. The van der Waals surface area contributed by atoms with Crippen LogP contribution in [0.1, 0.15) is 23.0 Å². The molecule has 0 atom stereocenters. The molecular formula is C19H16FNO3. The van der Waals surface area contributed by atoms with E-state index in [4.69, 9.17) is 4.42 Å². The second kappa shape index (κ2) is 6.66. The molecule has 2 aromatic carbocycles. The van der Waals surface area contributed by atoms with E-state index in [9.17, 15) is 14.0 Å². The number of fused-ring (bicyclic) bond motifs is 1. The third-order valence-corrected chi connectivity index (χ3v) is 3.78. The average Bonchev–Trinajstić information content (AvgIpc) is 2.59. The standard InChI is InChI=1S/C19H16FNO3/c1-2-21(12-13-6-5-7-14(20)10-13)19(23)18-11-16(22)15-8-3-4-9-17(15)24-18/h3-11H,2,12H2,1H3. The van der Waals surface area contributed by atoms with Gasteiger partial charge in [-0.05, 0) is 36.8 Å². The number of hydrogen-bond acceptors (Lipinski definition) is 3. The van der Waals surface area contributed by atoms with Gasteiger partial charge in [0.25, 0.3) is 5.91 Å². The summed E-state index contributed by atoms with van der Waals surface area (Å²) in [5, 5.41) is 0.433. The van der Waals surface area contributed by atoms with Crippen molar-refractivity contribution in [2.75, 3.05) is 6.54 Å². The van der Waals surface area contributed by atoms with Crippen LogP contribution in [-0.2, 0) is 6.54 Å². The first-order chi connectivity index (χ1) is 11.6. The molecule has 122 valence electrons. The van der Waals surface area contributed by atoms with Gasteiger partial charge in [-0.2, -0.15) is 0 Å². The molecule has 0 radical (unpaired) electrons. The zero-order chi connectivity index (χ0) is 17.1. The van der Waals surface area contributed by atoms with Crippen molar-refractivity contribution in [3.05, 3.63) is 82.0 Å². The van der Waals surface area contributed by atoms with Crippen molar-refractivity contribution in [1.82, 2.24) is 4.90 Å². The Morgan fingerprint density at radius 2 is 1.92 bits per heavy atom. The minimum absolute atomic E-state index is 0.0167. The first kappa shape index (κ1) is 15.9. The molecule has 0 N–H and O–H groups in total. The summed E-state index contributed by atoms with van der Waals surface area (Å²) in [5.41, 5.74) is 0.783. The van der Waals surface area contributed by atoms with Crippen LogP contribution >= 0.6 is 0 Å². The van der Waals surface area contributed by atoms with Crippen molar-refractivity contribution in [2.24, 2.45) is 0 Å². The molecular weight excluding hydrogens is 309 g/mol. The van der Waals surface area contributed by atoms with Crippen LogP contribution in [0.25, 0.3) is 11.0 Å². The van der Waals surface area contributed by atoms with Crippen molar-refractivity contribution in [3.8, 4) is 0 Å². The summed E-state index contributed by atoms with van der Waals surface area (Å²) in [4.78, 5) is 26.3. The fourth-order valence-corrected chi connectivity index (χ4v) is 2.55. The summed E-state index contributed by atoms with van der Waals surface area (Å²) >= 11 is 0. The highest BCUT2D eigenvalue weighted by molar-refractivity contribution is 5.93. The predicted octanol–water partition coefficient (Wildman–Crippen LogP) is 3.59. The number of halogens is 1. The molecule has 0 fully saturated rings. The van der Waals surface area contributed by atoms with Gasteiger partial charge < -0.3 is 9.32 Å². The summed E-state index contributed by atoms with van der Waals surface area (Å²) in [7, 11) is 0. The first-order valence-electron chi connectivity index (χ1n) is 7.65. The molecule has 0 aliphatic rings. The van der Waals surface area contributed by atoms with E-state index in [0.29, 0.717) is 23.1 Å². The van der Waals surface area contributed by atoms with Crippen LogP contribution in [0.15, 0.2) is 63.8 Å². The van der Waals surface area contributed by atoms with Gasteiger partial charge in [-0.3, -0.25) is 9.59 Å². The van der Waals surface area contributed by atoms with E-state index in [2.05, 4.69) is 0 Å². The number of amides is 1. The highest BCUT2D eigenvalue weighted by atomic mass is 19.1. The molecule has 0 aliphatic carbocycles. The maximum atomic E-state index is 13.3. The fraction of sp³-hybridized carbons (Fsp3) is 0.158. The Kier molecular flexibility index (Phi) is 4.42. The van der Waals surface area contributed by atoms with E-state index < -0.39 is 5.91 Å². The summed E-state index contributed by atoms with van der Waals surface area (Å²) in [6.07, 6.45) is 0. The van der Waals surface area contributed by atoms with Crippen LogP contribution in [0.5, 0.6) is 0 Å². The Morgan fingerprint density at radius 3 is 2.67 bits per heavy atom. The van der Waals surface area contributed by atoms with Crippen molar-refractivity contribution in [1.29, 1.82) is 0 Å². The van der Waals surface area contributed by atoms with Gasteiger partial charge in [0.15, 0.2) is 11.2 Å². The van der Waals surface area contributed by atoms with E-state index in [1.807, 2.05) is 6.92 Å².